The van der Waals surface area contributed by atoms with Crippen molar-refractivity contribution in [2.75, 3.05) is 0 Å². The predicted molar refractivity (Wildman–Crippen MR) is 30.9 cm³/mol. The van der Waals surface area contributed by atoms with Crippen LogP contribution in [0.2, 0.25) is 0 Å². The Kier molecular flexibility index (Phi) is 2.54. The van der Waals surface area contributed by atoms with E-state index in [1.165, 1.54) is 6.08 Å². The van der Waals surface area contributed by atoms with Crippen molar-refractivity contribution < 1.29 is 4.92 Å². The zero-order valence-corrected chi connectivity index (χ0v) is 4.63. The molecule has 0 unspecified atom stereocenters. The lowest BCUT2D eigenvalue weighted by Crippen LogP contribution is -1.83. The topological polar surface area (TPSA) is 43.1 Å². The SMILES string of the molecule is C=CC(C)=C[N+](=O)[O-]. The summed E-state index contributed by atoms with van der Waals surface area (Å²) in [5, 5.41) is 9.65. The van der Waals surface area contributed by atoms with Crippen molar-refractivity contribution in [3.63, 3.8) is 0 Å². The molecule has 0 spiro atoms. The highest BCUT2D eigenvalue weighted by Crippen LogP contribution is 1.90. The van der Waals surface area contributed by atoms with Crippen molar-refractivity contribution in [2.45, 2.75) is 6.92 Å². The fourth-order valence-electron chi connectivity index (χ4n) is 0.219. The summed E-state index contributed by atoms with van der Waals surface area (Å²) < 4.78 is 0. The summed E-state index contributed by atoms with van der Waals surface area (Å²) >= 11 is 0. The molecule has 0 N–H and O–H groups in total. The van der Waals surface area contributed by atoms with Crippen LogP contribution in [0.5, 0.6) is 0 Å². The first-order chi connectivity index (χ1) is 3.66. The van der Waals surface area contributed by atoms with Gasteiger partial charge in [0.2, 0.25) is 6.20 Å². The quantitative estimate of drug-likeness (QED) is 0.308. The number of nitrogens with zero attached hydrogens (tertiary/aromatic N) is 1. The molecule has 0 atom stereocenters. The Morgan fingerprint density at radius 1 is 1.88 bits per heavy atom. The van der Waals surface area contributed by atoms with Crippen LogP contribution in [0.15, 0.2) is 24.4 Å². The molecule has 0 bridgehead atoms. The molecule has 0 amide bonds. The van der Waals surface area contributed by atoms with Gasteiger partial charge in [-0.25, -0.2) is 0 Å². The summed E-state index contributed by atoms with van der Waals surface area (Å²) in [7, 11) is 0. The molecule has 0 aromatic rings. The van der Waals surface area contributed by atoms with Gasteiger partial charge in [-0.15, -0.1) is 0 Å². The van der Waals surface area contributed by atoms with Crippen molar-refractivity contribution in [1.29, 1.82) is 0 Å². The van der Waals surface area contributed by atoms with Crippen LogP contribution in [0.25, 0.3) is 0 Å². The van der Waals surface area contributed by atoms with Gasteiger partial charge < -0.3 is 0 Å². The molecule has 3 heteroatoms. The largest absolute Gasteiger partial charge is 0.259 e. The van der Waals surface area contributed by atoms with Crippen LogP contribution in [0, 0.1) is 10.1 Å². The standard InChI is InChI=1S/C5H7NO2/c1-3-5(2)4-6(7)8/h3-4H,1H2,2H3. The van der Waals surface area contributed by atoms with E-state index >= 15 is 0 Å². The summed E-state index contributed by atoms with van der Waals surface area (Å²) in [6, 6.07) is 0. The van der Waals surface area contributed by atoms with Crippen molar-refractivity contribution in [2.24, 2.45) is 0 Å². The van der Waals surface area contributed by atoms with E-state index in [9.17, 15) is 10.1 Å². The third kappa shape index (κ3) is 3.08. The van der Waals surface area contributed by atoms with Crippen LogP contribution in [0.3, 0.4) is 0 Å². The van der Waals surface area contributed by atoms with Gasteiger partial charge in [-0.1, -0.05) is 12.7 Å². The van der Waals surface area contributed by atoms with Gasteiger partial charge in [-0.3, -0.25) is 10.1 Å². The lowest BCUT2D eigenvalue weighted by Gasteiger charge is -1.80. The molecular formula is C5H7NO2. The van der Waals surface area contributed by atoms with Crippen molar-refractivity contribution in [1.82, 2.24) is 0 Å². The second kappa shape index (κ2) is 2.96. The molecule has 0 aromatic carbocycles. The molecule has 0 aliphatic heterocycles. The summed E-state index contributed by atoms with van der Waals surface area (Å²) in [6.45, 7) is 4.96. The average Bonchev–Trinajstić information content (AvgIpc) is 1.65. The van der Waals surface area contributed by atoms with Gasteiger partial charge in [-0.2, -0.15) is 0 Å². The van der Waals surface area contributed by atoms with Crippen molar-refractivity contribution >= 4 is 0 Å². The van der Waals surface area contributed by atoms with Crippen LogP contribution in [-0.2, 0) is 0 Å². The van der Waals surface area contributed by atoms with Crippen LogP contribution in [0.1, 0.15) is 6.92 Å². The number of nitro groups is 1. The average molecular weight is 113 g/mol. The lowest BCUT2D eigenvalue weighted by molar-refractivity contribution is -0.403. The summed E-state index contributed by atoms with van der Waals surface area (Å²) in [5.74, 6) is 0. The van der Waals surface area contributed by atoms with E-state index in [1.807, 2.05) is 0 Å². The first-order valence-electron chi connectivity index (χ1n) is 2.11. The molecule has 0 saturated heterocycles. The first-order valence-corrected chi connectivity index (χ1v) is 2.11. The second-order valence-corrected chi connectivity index (χ2v) is 1.36. The molecule has 0 heterocycles. The van der Waals surface area contributed by atoms with E-state index in [-0.39, 0.29) is 0 Å². The summed E-state index contributed by atoms with van der Waals surface area (Å²) in [4.78, 5) is 9.15. The van der Waals surface area contributed by atoms with Crippen LogP contribution in [0.4, 0.5) is 0 Å². The smallest absolute Gasteiger partial charge is 0.237 e. The molecular weight excluding hydrogens is 106 g/mol. The third-order valence-electron chi connectivity index (χ3n) is 0.631. The zero-order valence-electron chi connectivity index (χ0n) is 4.63. The Labute approximate surface area is 47.5 Å². The highest BCUT2D eigenvalue weighted by Gasteiger charge is 1.86. The maximum atomic E-state index is 9.65. The Balaban J connectivity index is 3.94. The minimum atomic E-state index is -0.503. The van der Waals surface area contributed by atoms with E-state index in [1.54, 1.807) is 6.92 Å². The van der Waals surface area contributed by atoms with Gasteiger partial charge in [0.1, 0.15) is 0 Å². The molecule has 0 aliphatic carbocycles. The van der Waals surface area contributed by atoms with E-state index in [2.05, 4.69) is 6.58 Å². The fourth-order valence-corrected chi connectivity index (χ4v) is 0.219. The molecule has 0 aliphatic rings. The first kappa shape index (κ1) is 6.88. The molecule has 0 rings (SSSR count). The third-order valence-corrected chi connectivity index (χ3v) is 0.631. The number of hydrogen-bond acceptors (Lipinski definition) is 2. The molecule has 8 heavy (non-hydrogen) atoms. The second-order valence-electron chi connectivity index (χ2n) is 1.36. The minimum Gasteiger partial charge on any atom is -0.259 e. The predicted octanol–water partition coefficient (Wildman–Crippen LogP) is 1.35. The maximum Gasteiger partial charge on any atom is 0.237 e. The van der Waals surface area contributed by atoms with E-state index < -0.39 is 4.92 Å². The monoisotopic (exact) mass is 113 g/mol. The van der Waals surface area contributed by atoms with Gasteiger partial charge in [0.25, 0.3) is 0 Å². The lowest BCUT2D eigenvalue weighted by atomic mass is 10.3. The number of rotatable bonds is 2. The van der Waals surface area contributed by atoms with E-state index in [4.69, 9.17) is 0 Å². The van der Waals surface area contributed by atoms with Gasteiger partial charge >= 0.3 is 0 Å². The highest BCUT2D eigenvalue weighted by atomic mass is 16.6. The molecule has 3 nitrogen and oxygen atoms in total. The van der Waals surface area contributed by atoms with Crippen LogP contribution >= 0.6 is 0 Å². The van der Waals surface area contributed by atoms with Crippen LogP contribution in [-0.4, -0.2) is 4.92 Å². The van der Waals surface area contributed by atoms with E-state index in [0.29, 0.717) is 5.57 Å². The Bertz CT molecular complexity index is 137. The maximum absolute atomic E-state index is 9.65. The van der Waals surface area contributed by atoms with Crippen LogP contribution < -0.4 is 0 Å². The summed E-state index contributed by atoms with van der Waals surface area (Å²) in [5.41, 5.74) is 0.565. The van der Waals surface area contributed by atoms with E-state index in [0.717, 1.165) is 6.20 Å². The zero-order chi connectivity index (χ0) is 6.57. The Hall–Kier alpha value is -1.12. The van der Waals surface area contributed by atoms with Gasteiger partial charge in [0.15, 0.2) is 0 Å². The van der Waals surface area contributed by atoms with Gasteiger partial charge in [0, 0.05) is 5.57 Å². The molecule has 0 aromatic heterocycles. The summed E-state index contributed by atoms with van der Waals surface area (Å²) in [6.07, 6.45) is 2.34. The van der Waals surface area contributed by atoms with Gasteiger partial charge in [0.05, 0.1) is 4.92 Å². The number of allylic oxidation sites excluding steroid dienone is 2. The Morgan fingerprint density at radius 2 is 2.38 bits per heavy atom. The highest BCUT2D eigenvalue weighted by molar-refractivity contribution is 5.08. The number of hydrogen-bond donors (Lipinski definition) is 0. The van der Waals surface area contributed by atoms with Gasteiger partial charge in [-0.05, 0) is 6.92 Å². The molecule has 0 radical (unpaired) electrons. The van der Waals surface area contributed by atoms with Crippen molar-refractivity contribution in [3.8, 4) is 0 Å². The van der Waals surface area contributed by atoms with Crippen molar-refractivity contribution in [3.05, 3.63) is 34.5 Å². The molecule has 0 fully saturated rings. The minimum absolute atomic E-state index is 0.503. The molecule has 0 saturated carbocycles. The fraction of sp³-hybridized carbons (Fsp3) is 0.200. The Morgan fingerprint density at radius 3 is 2.50 bits per heavy atom. The molecule has 44 valence electrons. The normalized spacial score (nSPS) is 10.9.